The lowest BCUT2D eigenvalue weighted by atomic mass is 10.1. The third-order valence-corrected chi connectivity index (χ3v) is 3.95. The van der Waals surface area contributed by atoms with E-state index in [2.05, 4.69) is 0 Å². The second-order valence-corrected chi connectivity index (χ2v) is 6.00. The molecule has 1 heterocycles. The molecule has 0 unspecified atom stereocenters. The summed E-state index contributed by atoms with van der Waals surface area (Å²) in [6.07, 6.45) is 0. The molecule has 5 aromatic rings. The van der Waals surface area contributed by atoms with Crippen molar-refractivity contribution in [2.45, 2.75) is 0 Å². The van der Waals surface area contributed by atoms with Crippen molar-refractivity contribution in [3.8, 4) is 11.5 Å². The number of phenols is 2. The molecule has 0 aliphatic rings. The molecule has 1 aromatic heterocycles. The number of furan rings is 1. The van der Waals surface area contributed by atoms with E-state index in [0.717, 1.165) is 6.07 Å². The van der Waals surface area contributed by atoms with Gasteiger partial charge in [-0.3, -0.25) is 0 Å². The van der Waals surface area contributed by atoms with Crippen LogP contribution in [0.5, 0.6) is 11.5 Å². The lowest BCUT2D eigenvalue weighted by Gasteiger charge is -1.93. The fraction of sp³-hybridized carbons (Fsp3) is 0. The summed E-state index contributed by atoms with van der Waals surface area (Å²) in [5.74, 6) is -1.06. The molecule has 0 atom stereocenters. The first-order valence-corrected chi connectivity index (χ1v) is 8.79. The van der Waals surface area contributed by atoms with Gasteiger partial charge in [0.05, 0.1) is 5.39 Å². The van der Waals surface area contributed by atoms with Crippen LogP contribution < -0.4 is 0 Å². The van der Waals surface area contributed by atoms with Crippen LogP contribution in [0.1, 0.15) is 0 Å². The molecule has 2 N–H and O–H groups in total. The number of halogens is 2. The SMILES string of the molecule is Fc1ccc2oc3ccccc3c2c1F.Oc1ccccc1.Oc1ccccc1. The summed E-state index contributed by atoms with van der Waals surface area (Å²) in [6, 6.07) is 26.9. The van der Waals surface area contributed by atoms with E-state index >= 15 is 0 Å². The molecule has 0 amide bonds. The molecule has 0 fully saturated rings. The van der Waals surface area contributed by atoms with Crippen LogP contribution in [0, 0.1) is 11.6 Å². The molecule has 5 rings (SSSR count). The first kappa shape index (κ1) is 19.9. The summed E-state index contributed by atoms with van der Waals surface area (Å²) >= 11 is 0. The molecule has 0 radical (unpaired) electrons. The summed E-state index contributed by atoms with van der Waals surface area (Å²) in [5.41, 5.74) is 0.937. The lowest BCUT2D eigenvalue weighted by Crippen LogP contribution is -1.82. The smallest absolute Gasteiger partial charge is 0.170 e. The number of benzene rings is 4. The summed E-state index contributed by atoms with van der Waals surface area (Å²) in [6.45, 7) is 0. The zero-order chi connectivity index (χ0) is 20.6. The number of para-hydroxylation sites is 3. The molecule has 0 saturated carbocycles. The van der Waals surface area contributed by atoms with E-state index in [0.29, 0.717) is 28.1 Å². The highest BCUT2D eigenvalue weighted by atomic mass is 19.2. The number of hydrogen-bond donors (Lipinski definition) is 2. The Kier molecular flexibility index (Phi) is 6.43. The second-order valence-electron chi connectivity index (χ2n) is 6.00. The number of fused-ring (bicyclic) bond motifs is 3. The minimum absolute atomic E-state index is 0.214. The third-order valence-electron chi connectivity index (χ3n) is 3.95. The normalized spacial score (nSPS) is 10.0. The summed E-state index contributed by atoms with van der Waals surface area (Å²) < 4.78 is 31.9. The van der Waals surface area contributed by atoms with Crippen LogP contribution in [-0.2, 0) is 0 Å². The molecule has 0 aliphatic heterocycles. The Morgan fingerprint density at radius 2 is 1.07 bits per heavy atom. The van der Waals surface area contributed by atoms with Gasteiger partial charge in [0, 0.05) is 5.39 Å². The van der Waals surface area contributed by atoms with E-state index in [1.54, 1.807) is 72.8 Å². The number of hydrogen-bond acceptors (Lipinski definition) is 3. The summed E-state index contributed by atoms with van der Waals surface area (Å²) in [4.78, 5) is 0. The number of phenolic OH excluding ortho intramolecular Hbond substituents is 2. The molecule has 0 bridgehead atoms. The van der Waals surface area contributed by atoms with Crippen LogP contribution in [-0.4, -0.2) is 10.2 Å². The van der Waals surface area contributed by atoms with Gasteiger partial charge in [-0.15, -0.1) is 0 Å². The van der Waals surface area contributed by atoms with Gasteiger partial charge in [-0.1, -0.05) is 54.6 Å². The van der Waals surface area contributed by atoms with E-state index in [1.165, 1.54) is 6.07 Å². The first-order chi connectivity index (χ1) is 14.1. The van der Waals surface area contributed by atoms with Crippen LogP contribution in [0.4, 0.5) is 8.78 Å². The van der Waals surface area contributed by atoms with E-state index in [1.807, 2.05) is 12.1 Å². The first-order valence-electron chi connectivity index (χ1n) is 8.79. The van der Waals surface area contributed by atoms with Gasteiger partial charge in [0.2, 0.25) is 0 Å². The van der Waals surface area contributed by atoms with Crippen molar-refractivity contribution < 1.29 is 23.4 Å². The van der Waals surface area contributed by atoms with Crippen LogP contribution in [0.25, 0.3) is 21.9 Å². The maximum Gasteiger partial charge on any atom is 0.170 e. The highest BCUT2D eigenvalue weighted by Gasteiger charge is 2.13. The second kappa shape index (κ2) is 9.37. The van der Waals surface area contributed by atoms with Crippen molar-refractivity contribution >= 4 is 21.9 Å². The zero-order valence-corrected chi connectivity index (χ0v) is 15.3. The van der Waals surface area contributed by atoms with Gasteiger partial charge in [-0.05, 0) is 42.5 Å². The fourth-order valence-corrected chi connectivity index (χ4v) is 2.61. The fourth-order valence-electron chi connectivity index (χ4n) is 2.61. The van der Waals surface area contributed by atoms with Crippen molar-refractivity contribution in [3.05, 3.63) is 109 Å². The van der Waals surface area contributed by atoms with Crippen LogP contribution in [0.2, 0.25) is 0 Å². The summed E-state index contributed by atoms with van der Waals surface area (Å²) in [7, 11) is 0. The Morgan fingerprint density at radius 1 is 0.552 bits per heavy atom. The monoisotopic (exact) mass is 392 g/mol. The van der Waals surface area contributed by atoms with Gasteiger partial charge in [-0.25, -0.2) is 8.78 Å². The van der Waals surface area contributed by atoms with Gasteiger partial charge in [0.25, 0.3) is 0 Å². The van der Waals surface area contributed by atoms with Crippen molar-refractivity contribution in [3.63, 3.8) is 0 Å². The molecule has 3 nitrogen and oxygen atoms in total. The average Bonchev–Trinajstić information content (AvgIpc) is 3.12. The quantitative estimate of drug-likeness (QED) is 0.310. The Bertz CT molecular complexity index is 1150. The Morgan fingerprint density at radius 3 is 1.59 bits per heavy atom. The molecule has 4 aromatic carbocycles. The van der Waals surface area contributed by atoms with Crippen molar-refractivity contribution in [1.82, 2.24) is 0 Å². The minimum Gasteiger partial charge on any atom is -0.508 e. The van der Waals surface area contributed by atoms with Gasteiger partial charge in [-0.2, -0.15) is 0 Å². The molecule has 5 heteroatoms. The molecule has 0 spiro atoms. The predicted octanol–water partition coefficient (Wildman–Crippen LogP) is 6.65. The van der Waals surface area contributed by atoms with E-state index in [4.69, 9.17) is 14.6 Å². The maximum atomic E-state index is 13.5. The van der Waals surface area contributed by atoms with Gasteiger partial charge < -0.3 is 14.6 Å². The predicted molar refractivity (Wildman–Crippen MR) is 110 cm³/mol. The van der Waals surface area contributed by atoms with Gasteiger partial charge in [0.15, 0.2) is 11.6 Å². The largest absolute Gasteiger partial charge is 0.508 e. The van der Waals surface area contributed by atoms with Gasteiger partial charge in [0.1, 0.15) is 22.7 Å². The van der Waals surface area contributed by atoms with E-state index in [9.17, 15) is 8.78 Å². The van der Waals surface area contributed by atoms with Crippen molar-refractivity contribution in [2.75, 3.05) is 0 Å². The highest BCUT2D eigenvalue weighted by molar-refractivity contribution is 6.05. The molecule has 0 aliphatic carbocycles. The highest BCUT2D eigenvalue weighted by Crippen LogP contribution is 2.31. The minimum atomic E-state index is -0.853. The topological polar surface area (TPSA) is 53.6 Å². The molecule has 146 valence electrons. The lowest BCUT2D eigenvalue weighted by molar-refractivity contribution is 0.475. The average molecular weight is 392 g/mol. The summed E-state index contributed by atoms with van der Waals surface area (Å²) in [5, 5.41) is 18.1. The maximum absolute atomic E-state index is 13.5. The van der Waals surface area contributed by atoms with Crippen LogP contribution >= 0.6 is 0 Å². The van der Waals surface area contributed by atoms with Gasteiger partial charge >= 0.3 is 0 Å². The van der Waals surface area contributed by atoms with Crippen LogP contribution in [0.15, 0.2) is 101 Å². The van der Waals surface area contributed by atoms with Crippen LogP contribution in [0.3, 0.4) is 0 Å². The number of aromatic hydroxyl groups is 2. The zero-order valence-electron chi connectivity index (χ0n) is 15.3. The van der Waals surface area contributed by atoms with Crippen molar-refractivity contribution in [2.24, 2.45) is 0 Å². The molecule has 29 heavy (non-hydrogen) atoms. The Balaban J connectivity index is 0.000000143. The Labute approximate surface area is 166 Å². The molecular weight excluding hydrogens is 374 g/mol. The molecule has 0 saturated heterocycles. The Hall–Kier alpha value is -3.86. The molecular formula is C24H18F2O3. The van der Waals surface area contributed by atoms with E-state index in [-0.39, 0.29) is 5.39 Å². The number of rotatable bonds is 0. The van der Waals surface area contributed by atoms with Crippen molar-refractivity contribution in [1.29, 1.82) is 0 Å². The third kappa shape index (κ3) is 5.11. The standard InChI is InChI=1S/C12H6F2O.2C6H6O/c13-8-5-6-10-11(12(8)14)7-3-1-2-4-9(7)15-10;2*7-6-4-2-1-3-5-6/h1-6H;2*1-5,7H. The van der Waals surface area contributed by atoms with E-state index < -0.39 is 11.6 Å².